The second kappa shape index (κ2) is 6.33. The van der Waals surface area contributed by atoms with E-state index in [-0.39, 0.29) is 0 Å². The number of ether oxygens (including phenoxy) is 1. The SMILES string of the molecule is COc1ccc2c(NC(C)C3CCCCC3)nccc2c1. The summed E-state index contributed by atoms with van der Waals surface area (Å²) in [7, 11) is 1.70. The van der Waals surface area contributed by atoms with Gasteiger partial charge in [-0.1, -0.05) is 19.3 Å². The second-order valence-corrected chi connectivity index (χ2v) is 6.08. The molecule has 1 aromatic heterocycles. The molecule has 0 radical (unpaired) electrons. The van der Waals surface area contributed by atoms with E-state index in [0.717, 1.165) is 17.5 Å². The Hall–Kier alpha value is -1.77. The summed E-state index contributed by atoms with van der Waals surface area (Å²) in [5.74, 6) is 2.65. The first kappa shape index (κ1) is 14.2. The smallest absolute Gasteiger partial charge is 0.134 e. The van der Waals surface area contributed by atoms with Gasteiger partial charge in [0.15, 0.2) is 0 Å². The molecule has 0 amide bonds. The number of rotatable bonds is 4. The summed E-state index contributed by atoms with van der Waals surface area (Å²) < 4.78 is 5.30. The second-order valence-electron chi connectivity index (χ2n) is 6.08. The minimum atomic E-state index is 0.477. The minimum absolute atomic E-state index is 0.477. The van der Waals surface area contributed by atoms with Gasteiger partial charge >= 0.3 is 0 Å². The molecule has 1 aromatic carbocycles. The van der Waals surface area contributed by atoms with E-state index in [0.29, 0.717) is 6.04 Å². The van der Waals surface area contributed by atoms with E-state index < -0.39 is 0 Å². The topological polar surface area (TPSA) is 34.1 Å². The van der Waals surface area contributed by atoms with Gasteiger partial charge in [0.1, 0.15) is 11.6 Å². The highest BCUT2D eigenvalue weighted by atomic mass is 16.5. The zero-order valence-corrected chi connectivity index (χ0v) is 12.9. The van der Waals surface area contributed by atoms with Crippen LogP contribution in [0, 0.1) is 5.92 Å². The molecule has 112 valence electrons. The molecule has 0 bridgehead atoms. The molecule has 0 aliphatic heterocycles. The van der Waals surface area contributed by atoms with Gasteiger partial charge in [-0.15, -0.1) is 0 Å². The Morgan fingerprint density at radius 1 is 1.19 bits per heavy atom. The summed E-state index contributed by atoms with van der Waals surface area (Å²) in [6, 6.07) is 8.67. The molecule has 1 heterocycles. The molecule has 2 aromatic rings. The summed E-state index contributed by atoms with van der Waals surface area (Å²) in [4.78, 5) is 4.55. The van der Waals surface area contributed by atoms with Crippen molar-refractivity contribution in [3.8, 4) is 5.75 Å². The highest BCUT2D eigenvalue weighted by molar-refractivity contribution is 5.92. The van der Waals surface area contributed by atoms with E-state index in [2.05, 4.69) is 29.4 Å². The molecule has 3 rings (SSSR count). The zero-order valence-electron chi connectivity index (χ0n) is 12.9. The van der Waals surface area contributed by atoms with Crippen molar-refractivity contribution >= 4 is 16.6 Å². The predicted molar refractivity (Wildman–Crippen MR) is 88.0 cm³/mol. The van der Waals surface area contributed by atoms with E-state index in [1.807, 2.05) is 18.3 Å². The Bertz CT molecular complexity index is 605. The first-order chi connectivity index (χ1) is 10.3. The van der Waals surface area contributed by atoms with Crippen LogP contribution in [0.5, 0.6) is 5.75 Å². The summed E-state index contributed by atoms with van der Waals surface area (Å²) in [5.41, 5.74) is 0. The molecule has 21 heavy (non-hydrogen) atoms. The van der Waals surface area contributed by atoms with E-state index in [1.165, 1.54) is 42.9 Å². The Labute approximate surface area is 126 Å². The lowest BCUT2D eigenvalue weighted by atomic mass is 9.84. The van der Waals surface area contributed by atoms with Gasteiger partial charge in [0.2, 0.25) is 0 Å². The van der Waals surface area contributed by atoms with Crippen molar-refractivity contribution in [2.75, 3.05) is 12.4 Å². The van der Waals surface area contributed by atoms with Crippen LogP contribution in [0.25, 0.3) is 10.8 Å². The fraction of sp³-hybridized carbons (Fsp3) is 0.500. The van der Waals surface area contributed by atoms with Gasteiger partial charge in [-0.3, -0.25) is 0 Å². The first-order valence-corrected chi connectivity index (χ1v) is 7.97. The monoisotopic (exact) mass is 284 g/mol. The summed E-state index contributed by atoms with van der Waals surface area (Å²) in [6.07, 6.45) is 8.69. The third-order valence-corrected chi connectivity index (χ3v) is 4.69. The van der Waals surface area contributed by atoms with Crippen molar-refractivity contribution in [2.24, 2.45) is 5.92 Å². The van der Waals surface area contributed by atoms with Crippen LogP contribution in [0.15, 0.2) is 30.5 Å². The Kier molecular flexibility index (Phi) is 4.28. The maximum absolute atomic E-state index is 5.30. The summed E-state index contributed by atoms with van der Waals surface area (Å²) in [6.45, 7) is 2.29. The van der Waals surface area contributed by atoms with Crippen LogP contribution >= 0.6 is 0 Å². The van der Waals surface area contributed by atoms with Crippen molar-refractivity contribution < 1.29 is 4.74 Å². The van der Waals surface area contributed by atoms with Crippen molar-refractivity contribution in [1.82, 2.24) is 4.98 Å². The highest BCUT2D eigenvalue weighted by Gasteiger charge is 2.20. The molecule has 3 nitrogen and oxygen atoms in total. The lowest BCUT2D eigenvalue weighted by Gasteiger charge is -2.29. The van der Waals surface area contributed by atoms with E-state index in [1.54, 1.807) is 7.11 Å². The quantitative estimate of drug-likeness (QED) is 0.889. The molecule has 1 atom stereocenters. The van der Waals surface area contributed by atoms with Gasteiger partial charge in [0.25, 0.3) is 0 Å². The van der Waals surface area contributed by atoms with Crippen LogP contribution in [0.4, 0.5) is 5.82 Å². The van der Waals surface area contributed by atoms with Gasteiger partial charge in [0, 0.05) is 17.6 Å². The van der Waals surface area contributed by atoms with E-state index in [9.17, 15) is 0 Å². The van der Waals surface area contributed by atoms with Crippen LogP contribution in [-0.4, -0.2) is 18.1 Å². The summed E-state index contributed by atoms with van der Waals surface area (Å²) in [5, 5.41) is 5.98. The molecule has 1 unspecified atom stereocenters. The number of anilines is 1. The number of aromatic nitrogens is 1. The van der Waals surface area contributed by atoms with Crippen LogP contribution in [0.1, 0.15) is 39.0 Å². The standard InChI is InChI=1S/C18H24N2O/c1-13(14-6-4-3-5-7-14)20-18-17-9-8-16(21-2)12-15(17)10-11-19-18/h8-14H,3-7H2,1-2H3,(H,19,20). The fourth-order valence-electron chi connectivity index (χ4n) is 3.37. The van der Waals surface area contributed by atoms with Crippen LogP contribution < -0.4 is 10.1 Å². The van der Waals surface area contributed by atoms with Gasteiger partial charge in [0.05, 0.1) is 7.11 Å². The van der Waals surface area contributed by atoms with Crippen LogP contribution in [0.2, 0.25) is 0 Å². The third-order valence-electron chi connectivity index (χ3n) is 4.69. The molecule has 1 saturated carbocycles. The van der Waals surface area contributed by atoms with E-state index >= 15 is 0 Å². The van der Waals surface area contributed by atoms with Gasteiger partial charge in [-0.2, -0.15) is 0 Å². The number of nitrogens with one attached hydrogen (secondary N) is 1. The maximum Gasteiger partial charge on any atom is 0.134 e. The highest BCUT2D eigenvalue weighted by Crippen LogP contribution is 2.30. The van der Waals surface area contributed by atoms with Gasteiger partial charge < -0.3 is 10.1 Å². The first-order valence-electron chi connectivity index (χ1n) is 7.97. The lowest BCUT2D eigenvalue weighted by molar-refractivity contribution is 0.328. The number of hydrogen-bond acceptors (Lipinski definition) is 3. The lowest BCUT2D eigenvalue weighted by Crippen LogP contribution is -2.28. The van der Waals surface area contributed by atoms with Crippen molar-refractivity contribution in [1.29, 1.82) is 0 Å². The molecular weight excluding hydrogens is 260 g/mol. The molecule has 1 aliphatic rings. The Morgan fingerprint density at radius 3 is 2.76 bits per heavy atom. The minimum Gasteiger partial charge on any atom is -0.497 e. The van der Waals surface area contributed by atoms with Crippen molar-refractivity contribution in [3.05, 3.63) is 30.5 Å². The van der Waals surface area contributed by atoms with Gasteiger partial charge in [-0.05, 0) is 55.3 Å². The molecule has 1 fully saturated rings. The molecule has 0 saturated heterocycles. The number of benzene rings is 1. The molecule has 1 aliphatic carbocycles. The number of fused-ring (bicyclic) bond motifs is 1. The number of nitrogens with zero attached hydrogens (tertiary/aromatic N) is 1. The van der Waals surface area contributed by atoms with Crippen LogP contribution in [0.3, 0.4) is 0 Å². The maximum atomic E-state index is 5.30. The largest absolute Gasteiger partial charge is 0.497 e. The average Bonchev–Trinajstić information content (AvgIpc) is 2.55. The fourth-order valence-corrected chi connectivity index (χ4v) is 3.37. The molecule has 0 spiro atoms. The Morgan fingerprint density at radius 2 is 2.00 bits per heavy atom. The van der Waals surface area contributed by atoms with Crippen molar-refractivity contribution in [2.45, 2.75) is 45.1 Å². The van der Waals surface area contributed by atoms with Gasteiger partial charge in [-0.25, -0.2) is 4.98 Å². The Balaban J connectivity index is 1.82. The zero-order chi connectivity index (χ0) is 14.7. The number of methoxy groups -OCH3 is 1. The third kappa shape index (κ3) is 3.12. The molecule has 3 heteroatoms. The van der Waals surface area contributed by atoms with Crippen LogP contribution in [-0.2, 0) is 0 Å². The van der Waals surface area contributed by atoms with E-state index in [4.69, 9.17) is 4.74 Å². The average molecular weight is 284 g/mol. The van der Waals surface area contributed by atoms with Crippen molar-refractivity contribution in [3.63, 3.8) is 0 Å². The normalized spacial score (nSPS) is 17.6. The number of hydrogen-bond donors (Lipinski definition) is 1. The number of pyridine rings is 1. The summed E-state index contributed by atoms with van der Waals surface area (Å²) >= 11 is 0. The predicted octanol–water partition coefficient (Wildman–Crippen LogP) is 4.62. The molecular formula is C18H24N2O. The molecule has 1 N–H and O–H groups in total.